The van der Waals surface area contributed by atoms with Crippen LogP contribution in [0.25, 0.3) is 0 Å². The van der Waals surface area contributed by atoms with Gasteiger partial charge in [0, 0.05) is 23.1 Å². The number of hydrogen-bond acceptors (Lipinski definition) is 4. The Hall–Kier alpha value is -4.18. The lowest BCUT2D eigenvalue weighted by molar-refractivity contribution is 0.0989. The summed E-state index contributed by atoms with van der Waals surface area (Å²) < 4.78 is 12.2. The first-order valence-electron chi connectivity index (χ1n) is 12.2. The average molecular weight is 479 g/mol. The van der Waals surface area contributed by atoms with Crippen molar-refractivity contribution in [2.45, 2.75) is 39.9 Å². The minimum atomic E-state index is -0.0483. The van der Waals surface area contributed by atoms with Crippen molar-refractivity contribution < 1.29 is 19.1 Å². The molecule has 0 bridgehead atoms. The van der Waals surface area contributed by atoms with E-state index in [2.05, 4.69) is 6.92 Å². The molecule has 0 aliphatic rings. The highest BCUT2D eigenvalue weighted by molar-refractivity contribution is 5.99. The summed E-state index contributed by atoms with van der Waals surface area (Å²) in [6, 6.07) is 30.7. The zero-order valence-electron chi connectivity index (χ0n) is 20.7. The van der Waals surface area contributed by atoms with Crippen molar-refractivity contribution in [3.8, 4) is 11.5 Å². The fourth-order valence-corrected chi connectivity index (χ4v) is 3.95. The lowest BCUT2D eigenvalue weighted by atomic mass is 9.98. The first-order chi connectivity index (χ1) is 17.5. The van der Waals surface area contributed by atoms with Crippen molar-refractivity contribution in [3.63, 3.8) is 0 Å². The van der Waals surface area contributed by atoms with Crippen LogP contribution >= 0.6 is 0 Å². The number of rotatable bonds is 11. The maximum absolute atomic E-state index is 13.3. The number of benzene rings is 4. The zero-order valence-corrected chi connectivity index (χ0v) is 20.7. The topological polar surface area (TPSA) is 52.6 Å². The minimum absolute atomic E-state index is 0.0395. The summed E-state index contributed by atoms with van der Waals surface area (Å²) in [5, 5.41) is 0. The number of aryl methyl sites for hydroxylation is 1. The fraction of sp³-hybridized carbons (Fsp3) is 0.188. The summed E-state index contributed by atoms with van der Waals surface area (Å²) in [6.45, 7) is 4.38. The van der Waals surface area contributed by atoms with Crippen LogP contribution in [0, 0.1) is 0 Å². The van der Waals surface area contributed by atoms with Crippen molar-refractivity contribution in [2.75, 3.05) is 0 Å². The van der Waals surface area contributed by atoms with E-state index < -0.39 is 0 Å². The van der Waals surface area contributed by atoms with Gasteiger partial charge in [0.05, 0.1) is 0 Å². The normalized spacial score (nSPS) is 10.6. The van der Waals surface area contributed by atoms with Crippen LogP contribution in [0.4, 0.5) is 0 Å². The molecule has 0 aromatic heterocycles. The summed E-state index contributed by atoms with van der Waals surface area (Å²) in [7, 11) is 0. The Bertz CT molecular complexity index is 1330. The highest BCUT2D eigenvalue weighted by Crippen LogP contribution is 2.27. The molecule has 0 amide bonds. The molecule has 0 saturated heterocycles. The molecule has 4 aromatic carbocycles. The first kappa shape index (κ1) is 24.9. The Morgan fingerprint density at radius 3 is 1.69 bits per heavy atom. The Morgan fingerprint density at radius 1 is 0.639 bits per heavy atom. The highest BCUT2D eigenvalue weighted by atomic mass is 16.5. The molecular formula is C32H30O4. The molecule has 36 heavy (non-hydrogen) atoms. The smallest absolute Gasteiger partial charge is 0.167 e. The van der Waals surface area contributed by atoms with Gasteiger partial charge in [-0.1, -0.05) is 91.9 Å². The number of carbonyl (C=O) groups excluding carboxylic acids is 2. The van der Waals surface area contributed by atoms with Crippen LogP contribution in [0.3, 0.4) is 0 Å². The molecule has 4 aromatic rings. The van der Waals surface area contributed by atoms with Gasteiger partial charge in [0.25, 0.3) is 0 Å². The molecule has 0 N–H and O–H groups in total. The van der Waals surface area contributed by atoms with Gasteiger partial charge >= 0.3 is 0 Å². The molecule has 4 heteroatoms. The molecule has 0 heterocycles. The summed E-state index contributed by atoms with van der Waals surface area (Å²) in [5.74, 6) is 1.18. The molecule has 0 spiro atoms. The van der Waals surface area contributed by atoms with E-state index in [1.54, 1.807) is 12.1 Å². The van der Waals surface area contributed by atoms with Gasteiger partial charge in [-0.15, -0.1) is 0 Å². The van der Waals surface area contributed by atoms with Crippen molar-refractivity contribution in [3.05, 3.63) is 130 Å². The zero-order chi connectivity index (χ0) is 25.3. The summed E-state index contributed by atoms with van der Waals surface area (Å²) in [6.07, 6.45) is 0.967. The Labute approximate surface area is 212 Å². The number of hydrogen-bond donors (Lipinski definition) is 0. The van der Waals surface area contributed by atoms with Crippen LogP contribution in [0.15, 0.2) is 97.1 Å². The van der Waals surface area contributed by atoms with E-state index in [0.29, 0.717) is 30.1 Å². The molecule has 0 unspecified atom stereocenters. The largest absolute Gasteiger partial charge is 0.489 e. The Morgan fingerprint density at radius 2 is 1.14 bits per heavy atom. The number of carbonyl (C=O) groups is 2. The molecule has 182 valence electrons. The van der Waals surface area contributed by atoms with Crippen LogP contribution in [0.1, 0.15) is 56.8 Å². The van der Waals surface area contributed by atoms with Crippen LogP contribution in [0.2, 0.25) is 0 Å². The van der Waals surface area contributed by atoms with E-state index in [4.69, 9.17) is 9.47 Å². The van der Waals surface area contributed by atoms with E-state index in [1.807, 2.05) is 84.9 Å². The van der Waals surface area contributed by atoms with Crippen molar-refractivity contribution in [1.82, 2.24) is 0 Å². The lowest BCUT2D eigenvalue weighted by Crippen LogP contribution is -2.08. The van der Waals surface area contributed by atoms with Gasteiger partial charge in [-0.05, 0) is 42.2 Å². The standard InChI is InChI=1S/C32H30O4/c1-3-26-14-16-28(20-31(26)35-21-24-10-6-4-7-11-24)30(34)18-29-17-15-27(23(2)33)19-32(29)36-22-25-12-8-5-9-13-25/h4-17,19-20H,3,18,21-22H2,1-2H3. The maximum atomic E-state index is 13.3. The second kappa shape index (κ2) is 12.0. The van der Waals surface area contributed by atoms with Crippen LogP contribution < -0.4 is 9.47 Å². The molecule has 0 atom stereocenters. The molecular weight excluding hydrogens is 448 g/mol. The van der Waals surface area contributed by atoms with Gasteiger partial charge in [-0.25, -0.2) is 0 Å². The van der Waals surface area contributed by atoms with Gasteiger partial charge in [-0.2, -0.15) is 0 Å². The summed E-state index contributed by atoms with van der Waals surface area (Å²) >= 11 is 0. The number of ether oxygens (including phenoxy) is 2. The van der Waals surface area contributed by atoms with Gasteiger partial charge in [0.1, 0.15) is 24.7 Å². The predicted octanol–water partition coefficient (Wildman–Crippen LogP) is 7.04. The molecule has 0 aliphatic heterocycles. The second-order valence-electron chi connectivity index (χ2n) is 8.70. The molecule has 0 saturated carbocycles. The van der Waals surface area contributed by atoms with Gasteiger partial charge < -0.3 is 9.47 Å². The molecule has 4 nitrogen and oxygen atoms in total. The van der Waals surface area contributed by atoms with E-state index >= 15 is 0 Å². The van der Waals surface area contributed by atoms with E-state index in [9.17, 15) is 9.59 Å². The maximum Gasteiger partial charge on any atom is 0.167 e. The molecule has 0 radical (unpaired) electrons. The van der Waals surface area contributed by atoms with Crippen molar-refractivity contribution >= 4 is 11.6 Å². The predicted molar refractivity (Wildman–Crippen MR) is 142 cm³/mol. The summed E-state index contributed by atoms with van der Waals surface area (Å²) in [5.41, 5.74) is 5.02. The molecule has 4 rings (SSSR count). The van der Waals surface area contributed by atoms with Gasteiger partial charge in [0.2, 0.25) is 0 Å². The average Bonchev–Trinajstić information content (AvgIpc) is 2.92. The number of ketones is 2. The van der Waals surface area contributed by atoms with Crippen molar-refractivity contribution in [2.24, 2.45) is 0 Å². The molecule has 0 fully saturated rings. The Balaban J connectivity index is 1.54. The third kappa shape index (κ3) is 6.48. The fourth-order valence-electron chi connectivity index (χ4n) is 3.95. The minimum Gasteiger partial charge on any atom is -0.489 e. The van der Waals surface area contributed by atoms with E-state index in [1.165, 1.54) is 6.92 Å². The van der Waals surface area contributed by atoms with Crippen LogP contribution in [0.5, 0.6) is 11.5 Å². The third-order valence-corrected chi connectivity index (χ3v) is 6.07. The highest BCUT2D eigenvalue weighted by Gasteiger charge is 2.16. The van der Waals surface area contributed by atoms with Gasteiger partial charge in [0.15, 0.2) is 11.6 Å². The number of Topliss-reactive ketones (excluding diaryl/α,β-unsaturated/α-hetero) is 2. The van der Waals surface area contributed by atoms with Gasteiger partial charge in [-0.3, -0.25) is 9.59 Å². The van der Waals surface area contributed by atoms with Crippen molar-refractivity contribution in [1.29, 1.82) is 0 Å². The summed E-state index contributed by atoms with van der Waals surface area (Å²) in [4.78, 5) is 25.3. The monoisotopic (exact) mass is 478 g/mol. The molecule has 0 aliphatic carbocycles. The van der Waals surface area contributed by atoms with E-state index in [0.717, 1.165) is 34.4 Å². The van der Waals surface area contributed by atoms with Crippen LogP contribution in [-0.4, -0.2) is 11.6 Å². The lowest BCUT2D eigenvalue weighted by Gasteiger charge is -2.14. The first-order valence-corrected chi connectivity index (χ1v) is 12.2. The van der Waals surface area contributed by atoms with E-state index in [-0.39, 0.29) is 18.0 Å². The SMILES string of the molecule is CCc1ccc(C(=O)Cc2ccc(C(C)=O)cc2OCc2ccccc2)cc1OCc1ccccc1. The quantitative estimate of drug-likeness (QED) is 0.217. The third-order valence-electron chi connectivity index (χ3n) is 6.07. The van der Waals surface area contributed by atoms with Crippen LogP contribution in [-0.2, 0) is 26.1 Å². The second-order valence-corrected chi connectivity index (χ2v) is 8.70. The Kier molecular flexibility index (Phi) is 8.30.